The third-order valence-electron chi connectivity index (χ3n) is 3.48. The highest BCUT2D eigenvalue weighted by atomic mass is 35.5. The van der Waals surface area contributed by atoms with Crippen LogP contribution >= 0.6 is 23.2 Å². The largest absolute Gasteiger partial charge is 0.207 e. The molecule has 0 fully saturated rings. The van der Waals surface area contributed by atoms with Crippen LogP contribution in [0.15, 0.2) is 42.5 Å². The zero-order valence-electron chi connectivity index (χ0n) is 11.4. The smallest absolute Gasteiger partial charge is 0.123 e. The molecule has 1 unspecified atom stereocenters. The average Bonchev–Trinajstić information content (AvgIpc) is 2.44. The molecule has 0 saturated carbocycles. The van der Waals surface area contributed by atoms with E-state index in [-0.39, 0.29) is 5.82 Å². The summed E-state index contributed by atoms with van der Waals surface area (Å²) in [5, 5.41) is 0.733. The van der Waals surface area contributed by atoms with E-state index in [0.29, 0.717) is 11.8 Å². The maximum atomic E-state index is 13.3. The molecule has 0 amide bonds. The molecule has 0 bridgehead atoms. The van der Waals surface area contributed by atoms with Gasteiger partial charge in [-0.2, -0.15) is 0 Å². The second-order valence-corrected chi connectivity index (χ2v) is 5.87. The van der Waals surface area contributed by atoms with E-state index in [1.54, 1.807) is 6.07 Å². The maximum Gasteiger partial charge on any atom is 0.123 e. The van der Waals surface area contributed by atoms with Crippen LogP contribution in [-0.2, 0) is 12.8 Å². The third-order valence-corrected chi connectivity index (χ3v) is 4.16. The number of hydrogen-bond acceptors (Lipinski definition) is 0. The third kappa shape index (κ3) is 4.22. The normalized spacial score (nSPS) is 12.4. The molecule has 0 aliphatic carbocycles. The lowest BCUT2D eigenvalue weighted by atomic mass is 9.92. The van der Waals surface area contributed by atoms with Crippen LogP contribution in [-0.4, -0.2) is 5.88 Å². The molecule has 0 aromatic heterocycles. The van der Waals surface area contributed by atoms with Crippen LogP contribution in [0.25, 0.3) is 0 Å². The summed E-state index contributed by atoms with van der Waals surface area (Å²) in [7, 11) is 0. The van der Waals surface area contributed by atoms with Crippen LogP contribution in [0.4, 0.5) is 4.39 Å². The molecule has 0 spiro atoms. The second kappa shape index (κ2) is 7.10. The number of benzene rings is 2. The van der Waals surface area contributed by atoms with Crippen molar-refractivity contribution in [3.8, 4) is 0 Å². The van der Waals surface area contributed by atoms with Crippen molar-refractivity contribution in [3.05, 3.63) is 70.0 Å². The zero-order valence-corrected chi connectivity index (χ0v) is 12.9. The van der Waals surface area contributed by atoms with Gasteiger partial charge in [0.15, 0.2) is 0 Å². The van der Waals surface area contributed by atoms with Gasteiger partial charge in [0.05, 0.1) is 0 Å². The van der Waals surface area contributed by atoms with Gasteiger partial charge in [0, 0.05) is 10.9 Å². The first kappa shape index (κ1) is 15.3. The molecule has 0 aliphatic rings. The molecule has 0 aliphatic heterocycles. The van der Waals surface area contributed by atoms with Gasteiger partial charge in [-0.3, -0.25) is 0 Å². The van der Waals surface area contributed by atoms with E-state index in [2.05, 4.69) is 0 Å². The predicted molar refractivity (Wildman–Crippen MR) is 84.2 cm³/mol. The van der Waals surface area contributed by atoms with Crippen LogP contribution in [0.2, 0.25) is 5.02 Å². The highest BCUT2D eigenvalue weighted by Gasteiger charge is 2.12. The van der Waals surface area contributed by atoms with E-state index < -0.39 is 0 Å². The maximum absolute atomic E-state index is 13.3. The van der Waals surface area contributed by atoms with Crippen molar-refractivity contribution in [2.45, 2.75) is 19.8 Å². The summed E-state index contributed by atoms with van der Waals surface area (Å²) in [5.74, 6) is 0.655. The minimum absolute atomic E-state index is 0.189. The summed E-state index contributed by atoms with van der Waals surface area (Å²) in [5.41, 5.74) is 3.34. The van der Waals surface area contributed by atoms with Crippen molar-refractivity contribution in [1.29, 1.82) is 0 Å². The van der Waals surface area contributed by atoms with E-state index in [1.165, 1.54) is 11.6 Å². The molecule has 1 atom stereocenters. The van der Waals surface area contributed by atoms with Crippen molar-refractivity contribution in [1.82, 2.24) is 0 Å². The van der Waals surface area contributed by atoms with Crippen LogP contribution in [0, 0.1) is 18.7 Å². The van der Waals surface area contributed by atoms with Gasteiger partial charge in [0.2, 0.25) is 0 Å². The first-order valence-electron chi connectivity index (χ1n) is 6.64. The van der Waals surface area contributed by atoms with Gasteiger partial charge in [-0.05, 0) is 66.6 Å². The van der Waals surface area contributed by atoms with Crippen molar-refractivity contribution >= 4 is 23.2 Å². The summed E-state index contributed by atoms with van der Waals surface area (Å²) >= 11 is 12.0. The van der Waals surface area contributed by atoms with E-state index in [1.807, 2.05) is 37.3 Å². The molecule has 0 radical (unpaired) electrons. The molecular weight excluding hydrogens is 294 g/mol. The molecule has 20 heavy (non-hydrogen) atoms. The lowest BCUT2D eigenvalue weighted by Gasteiger charge is -2.16. The summed E-state index contributed by atoms with van der Waals surface area (Å²) in [6.45, 7) is 2.00. The summed E-state index contributed by atoms with van der Waals surface area (Å²) in [6, 6.07) is 12.7. The Bertz CT molecular complexity index is 564. The van der Waals surface area contributed by atoms with Crippen molar-refractivity contribution < 1.29 is 4.39 Å². The fourth-order valence-electron chi connectivity index (χ4n) is 2.31. The summed E-state index contributed by atoms with van der Waals surface area (Å²) < 4.78 is 13.3. The first-order chi connectivity index (χ1) is 9.58. The van der Waals surface area contributed by atoms with E-state index >= 15 is 0 Å². The average molecular weight is 311 g/mol. The SMILES string of the molecule is Cc1ccc(F)cc1CC(CCl)Cc1ccc(Cl)cc1. The van der Waals surface area contributed by atoms with E-state index in [4.69, 9.17) is 23.2 Å². The number of alkyl halides is 1. The fraction of sp³-hybridized carbons (Fsp3) is 0.294. The van der Waals surface area contributed by atoms with Gasteiger partial charge >= 0.3 is 0 Å². The molecule has 0 heterocycles. The van der Waals surface area contributed by atoms with Crippen LogP contribution in [0.3, 0.4) is 0 Å². The fourth-order valence-corrected chi connectivity index (χ4v) is 2.65. The number of halogens is 3. The lowest BCUT2D eigenvalue weighted by molar-refractivity contribution is 0.574. The number of hydrogen-bond donors (Lipinski definition) is 0. The Morgan fingerprint density at radius 1 is 1.05 bits per heavy atom. The van der Waals surface area contributed by atoms with Gasteiger partial charge in [-0.25, -0.2) is 4.39 Å². The Morgan fingerprint density at radius 3 is 2.40 bits per heavy atom. The van der Waals surface area contributed by atoms with Gasteiger partial charge < -0.3 is 0 Å². The number of rotatable bonds is 5. The molecule has 106 valence electrons. The standard InChI is InChI=1S/C17H17Cl2F/c1-12-2-7-17(20)10-15(12)9-14(11-18)8-13-3-5-16(19)6-4-13/h2-7,10,14H,8-9,11H2,1H3. The summed E-state index contributed by atoms with van der Waals surface area (Å²) in [6.07, 6.45) is 1.66. The van der Waals surface area contributed by atoms with Crippen molar-refractivity contribution in [3.63, 3.8) is 0 Å². The van der Waals surface area contributed by atoms with Gasteiger partial charge in [0.1, 0.15) is 5.82 Å². The lowest BCUT2D eigenvalue weighted by Crippen LogP contribution is -2.11. The molecule has 0 saturated heterocycles. The minimum atomic E-state index is -0.189. The molecule has 2 aromatic rings. The van der Waals surface area contributed by atoms with Gasteiger partial charge in [0.25, 0.3) is 0 Å². The Balaban J connectivity index is 2.08. The minimum Gasteiger partial charge on any atom is -0.207 e. The van der Waals surface area contributed by atoms with Crippen LogP contribution < -0.4 is 0 Å². The summed E-state index contributed by atoms with van der Waals surface area (Å²) in [4.78, 5) is 0. The van der Waals surface area contributed by atoms with Crippen molar-refractivity contribution in [2.24, 2.45) is 5.92 Å². The highest BCUT2D eigenvalue weighted by Crippen LogP contribution is 2.20. The Kier molecular flexibility index (Phi) is 5.45. The molecule has 3 heteroatoms. The zero-order chi connectivity index (χ0) is 14.5. The monoisotopic (exact) mass is 310 g/mol. The van der Waals surface area contributed by atoms with Crippen LogP contribution in [0.5, 0.6) is 0 Å². The Labute approximate surface area is 129 Å². The van der Waals surface area contributed by atoms with E-state index in [9.17, 15) is 4.39 Å². The molecule has 0 N–H and O–H groups in total. The molecular formula is C17H17Cl2F. The second-order valence-electron chi connectivity index (χ2n) is 5.13. The first-order valence-corrected chi connectivity index (χ1v) is 7.55. The van der Waals surface area contributed by atoms with Gasteiger partial charge in [-0.15, -0.1) is 11.6 Å². The number of aryl methyl sites for hydroxylation is 1. The Morgan fingerprint density at radius 2 is 1.75 bits per heavy atom. The molecule has 0 nitrogen and oxygen atoms in total. The highest BCUT2D eigenvalue weighted by molar-refractivity contribution is 6.30. The predicted octanol–water partition coefficient (Wildman–Crippen LogP) is 5.43. The van der Waals surface area contributed by atoms with E-state index in [0.717, 1.165) is 29.0 Å². The Hall–Kier alpha value is -1.05. The van der Waals surface area contributed by atoms with Crippen molar-refractivity contribution in [2.75, 3.05) is 5.88 Å². The quantitative estimate of drug-likeness (QED) is 0.646. The topological polar surface area (TPSA) is 0 Å². The van der Waals surface area contributed by atoms with Crippen LogP contribution in [0.1, 0.15) is 16.7 Å². The van der Waals surface area contributed by atoms with Gasteiger partial charge in [-0.1, -0.05) is 29.8 Å². The molecule has 2 aromatic carbocycles. The molecule has 2 rings (SSSR count).